The van der Waals surface area contributed by atoms with E-state index in [9.17, 15) is 0 Å². The van der Waals surface area contributed by atoms with E-state index in [-0.39, 0.29) is 30.0 Å². The topological polar surface area (TPSA) is 56.0 Å². The molecule has 1 aromatic heterocycles. The van der Waals surface area contributed by atoms with E-state index in [1.54, 1.807) is 13.3 Å². The summed E-state index contributed by atoms with van der Waals surface area (Å²) in [5.41, 5.74) is 1.17. The minimum absolute atomic E-state index is 0. The summed E-state index contributed by atoms with van der Waals surface area (Å²) >= 11 is 6.12. The van der Waals surface area contributed by atoms with Crippen LogP contribution in [0.25, 0.3) is 0 Å². The molecule has 1 saturated heterocycles. The van der Waals surface area contributed by atoms with E-state index in [4.69, 9.17) is 16.0 Å². The van der Waals surface area contributed by atoms with Gasteiger partial charge in [0.2, 0.25) is 0 Å². The molecule has 0 amide bonds. The van der Waals surface area contributed by atoms with Gasteiger partial charge in [0.05, 0.1) is 12.3 Å². The Balaban J connectivity index is 0.00000280. The van der Waals surface area contributed by atoms with Crippen LogP contribution in [-0.2, 0) is 0 Å². The average molecular weight is 518 g/mol. The minimum atomic E-state index is 0. The van der Waals surface area contributed by atoms with E-state index in [0.29, 0.717) is 12.6 Å². The molecule has 0 radical (unpaired) electrons. The summed E-state index contributed by atoms with van der Waals surface area (Å²) < 4.78 is 5.57. The number of guanidine groups is 1. The van der Waals surface area contributed by atoms with Gasteiger partial charge in [-0.2, -0.15) is 0 Å². The Morgan fingerprint density at radius 1 is 1.36 bits per heavy atom. The van der Waals surface area contributed by atoms with Crippen molar-refractivity contribution in [1.82, 2.24) is 15.5 Å². The Morgan fingerprint density at radius 3 is 2.82 bits per heavy atom. The maximum absolute atomic E-state index is 6.12. The van der Waals surface area contributed by atoms with Crippen LogP contribution in [0.4, 0.5) is 5.69 Å². The summed E-state index contributed by atoms with van der Waals surface area (Å²) in [4.78, 5) is 8.87. The molecule has 1 aliphatic heterocycles. The van der Waals surface area contributed by atoms with E-state index in [0.717, 1.165) is 36.3 Å². The third-order valence-corrected chi connectivity index (χ3v) is 5.12. The molecule has 2 atom stereocenters. The van der Waals surface area contributed by atoms with Crippen molar-refractivity contribution in [3.63, 3.8) is 0 Å². The third-order valence-electron chi connectivity index (χ3n) is 4.88. The smallest absolute Gasteiger partial charge is 0.191 e. The van der Waals surface area contributed by atoms with Crippen molar-refractivity contribution in [3.8, 4) is 0 Å². The number of rotatable bonds is 6. The molecule has 0 spiro atoms. The molecule has 2 N–H and O–H groups in total. The number of nitrogens with zero attached hydrogens (tertiary/aromatic N) is 3. The first kappa shape index (κ1) is 22.8. The van der Waals surface area contributed by atoms with E-state index >= 15 is 0 Å². The van der Waals surface area contributed by atoms with Gasteiger partial charge in [0, 0.05) is 43.4 Å². The Kier molecular flexibility index (Phi) is 8.91. The molecule has 8 heteroatoms. The molecule has 0 aliphatic carbocycles. The van der Waals surface area contributed by atoms with Crippen molar-refractivity contribution in [1.29, 1.82) is 0 Å². The molecule has 1 fully saturated rings. The van der Waals surface area contributed by atoms with Crippen LogP contribution >= 0.6 is 35.6 Å². The number of likely N-dealkylation sites (N-methyl/N-ethyl adjacent to an activating group) is 1. The predicted molar refractivity (Wildman–Crippen MR) is 127 cm³/mol. The van der Waals surface area contributed by atoms with E-state index < -0.39 is 0 Å². The highest BCUT2D eigenvalue weighted by molar-refractivity contribution is 14.0. The molecule has 1 aliphatic rings. The van der Waals surface area contributed by atoms with Crippen molar-refractivity contribution in [2.24, 2.45) is 4.99 Å². The summed E-state index contributed by atoms with van der Waals surface area (Å²) in [6.45, 7) is 2.64. The van der Waals surface area contributed by atoms with Crippen molar-refractivity contribution in [2.75, 3.05) is 45.7 Å². The summed E-state index contributed by atoms with van der Waals surface area (Å²) in [5, 5.41) is 7.73. The highest BCUT2D eigenvalue weighted by Crippen LogP contribution is 2.23. The van der Waals surface area contributed by atoms with Crippen LogP contribution in [0.2, 0.25) is 5.02 Å². The predicted octanol–water partition coefficient (Wildman–Crippen LogP) is 3.60. The number of furan rings is 1. The van der Waals surface area contributed by atoms with Crippen molar-refractivity contribution in [2.45, 2.75) is 18.5 Å². The highest BCUT2D eigenvalue weighted by Gasteiger charge is 2.24. The third kappa shape index (κ3) is 6.02. The number of benzene rings is 1. The van der Waals surface area contributed by atoms with Gasteiger partial charge in [-0.15, -0.1) is 24.0 Å². The SMILES string of the molecule is CN=C(NCC(c1ccco1)N(C)C)NC1CCN(c2cccc(Cl)c2)C1.I. The molecular formula is C20H29ClIN5O. The second-order valence-corrected chi connectivity index (χ2v) is 7.44. The molecule has 2 heterocycles. The van der Waals surface area contributed by atoms with Crippen molar-refractivity contribution >= 4 is 47.2 Å². The maximum Gasteiger partial charge on any atom is 0.191 e. The van der Waals surface area contributed by atoms with Crippen LogP contribution in [0, 0.1) is 0 Å². The van der Waals surface area contributed by atoms with E-state index in [2.05, 4.69) is 31.5 Å². The molecule has 28 heavy (non-hydrogen) atoms. The van der Waals surface area contributed by atoms with E-state index in [1.165, 1.54) is 5.69 Å². The van der Waals surface area contributed by atoms with Crippen LogP contribution in [0.1, 0.15) is 18.2 Å². The summed E-state index contributed by atoms with van der Waals surface area (Å²) in [7, 11) is 5.90. The lowest BCUT2D eigenvalue weighted by molar-refractivity contribution is 0.258. The maximum atomic E-state index is 6.12. The second kappa shape index (κ2) is 10.9. The fourth-order valence-corrected chi connectivity index (χ4v) is 3.57. The number of halogens is 2. The Hall–Kier alpha value is -1.45. The first-order valence-electron chi connectivity index (χ1n) is 9.24. The standard InChI is InChI=1S/C20H28ClN5O.HI/c1-22-20(23-13-18(25(2)3)19-8-5-11-27-19)24-16-9-10-26(14-16)17-7-4-6-15(21)12-17;/h4-8,11-12,16,18H,9-10,13-14H2,1-3H3,(H2,22,23,24);1H. The number of hydrogen-bond acceptors (Lipinski definition) is 4. The van der Waals surface area contributed by atoms with Gasteiger partial charge in [0.25, 0.3) is 0 Å². The Bertz CT molecular complexity index is 753. The zero-order valence-electron chi connectivity index (χ0n) is 16.6. The number of aliphatic imine (C=N–C) groups is 1. The lowest BCUT2D eigenvalue weighted by atomic mass is 10.2. The Morgan fingerprint density at radius 2 is 2.18 bits per heavy atom. The first-order valence-corrected chi connectivity index (χ1v) is 9.62. The van der Waals surface area contributed by atoms with Crippen LogP contribution < -0.4 is 15.5 Å². The van der Waals surface area contributed by atoms with Crippen molar-refractivity contribution in [3.05, 3.63) is 53.4 Å². The van der Waals surface area contributed by atoms with Crippen LogP contribution in [-0.4, -0.2) is 57.7 Å². The van der Waals surface area contributed by atoms with Gasteiger partial charge in [-0.3, -0.25) is 9.89 Å². The molecule has 3 rings (SSSR count). The highest BCUT2D eigenvalue weighted by atomic mass is 127. The molecule has 1 aromatic carbocycles. The largest absolute Gasteiger partial charge is 0.468 e. The van der Waals surface area contributed by atoms with Gasteiger partial charge in [-0.25, -0.2) is 0 Å². The van der Waals surface area contributed by atoms with Crippen LogP contribution in [0.5, 0.6) is 0 Å². The van der Waals surface area contributed by atoms with Gasteiger partial charge in [0.1, 0.15) is 5.76 Å². The second-order valence-electron chi connectivity index (χ2n) is 7.00. The average Bonchev–Trinajstić information content (AvgIpc) is 3.32. The zero-order chi connectivity index (χ0) is 19.2. The molecular weight excluding hydrogens is 489 g/mol. The minimum Gasteiger partial charge on any atom is -0.468 e. The molecule has 154 valence electrons. The number of nitrogens with one attached hydrogen (secondary N) is 2. The molecule has 0 bridgehead atoms. The first-order chi connectivity index (χ1) is 13.1. The summed E-state index contributed by atoms with van der Waals surface area (Å²) in [6.07, 6.45) is 2.77. The van der Waals surface area contributed by atoms with Gasteiger partial charge >= 0.3 is 0 Å². The molecule has 0 saturated carbocycles. The van der Waals surface area contributed by atoms with E-state index in [1.807, 2.05) is 44.4 Å². The normalized spacial score (nSPS) is 18.1. The fourth-order valence-electron chi connectivity index (χ4n) is 3.39. The van der Waals surface area contributed by atoms with Crippen molar-refractivity contribution < 1.29 is 4.42 Å². The zero-order valence-corrected chi connectivity index (χ0v) is 19.6. The van der Waals surface area contributed by atoms with Crippen LogP contribution in [0.15, 0.2) is 52.1 Å². The Labute approximate surface area is 189 Å². The molecule has 6 nitrogen and oxygen atoms in total. The molecule has 2 aromatic rings. The summed E-state index contributed by atoms with van der Waals surface area (Å²) in [5.74, 6) is 1.75. The summed E-state index contributed by atoms with van der Waals surface area (Å²) in [6, 6.07) is 12.4. The fraction of sp³-hybridized carbons (Fsp3) is 0.450. The van der Waals surface area contributed by atoms with Gasteiger partial charge in [0.15, 0.2) is 5.96 Å². The van der Waals surface area contributed by atoms with Crippen LogP contribution in [0.3, 0.4) is 0 Å². The molecule has 2 unspecified atom stereocenters. The monoisotopic (exact) mass is 517 g/mol. The lowest BCUT2D eigenvalue weighted by Gasteiger charge is -2.25. The van der Waals surface area contributed by atoms with Gasteiger partial charge in [-0.05, 0) is 50.8 Å². The quantitative estimate of drug-likeness (QED) is 0.348. The lowest BCUT2D eigenvalue weighted by Crippen LogP contribution is -2.46. The van der Waals surface area contributed by atoms with Gasteiger partial charge in [-0.1, -0.05) is 17.7 Å². The van der Waals surface area contributed by atoms with Gasteiger partial charge < -0.3 is 20.0 Å². The number of hydrogen-bond donors (Lipinski definition) is 2. The number of anilines is 1.